The van der Waals surface area contributed by atoms with Crippen LogP contribution in [0.25, 0.3) is 0 Å². The van der Waals surface area contributed by atoms with Crippen LogP contribution in [0.5, 0.6) is 5.75 Å². The maximum absolute atomic E-state index is 9.73. The maximum atomic E-state index is 9.73. The first-order valence-corrected chi connectivity index (χ1v) is 7.95. The van der Waals surface area contributed by atoms with Gasteiger partial charge in [0.05, 0.1) is 5.69 Å². The highest BCUT2D eigenvalue weighted by Gasteiger charge is 2.26. The highest BCUT2D eigenvalue weighted by atomic mass is 16.5. The Morgan fingerprint density at radius 3 is 2.82 bits per heavy atom. The lowest BCUT2D eigenvalue weighted by Gasteiger charge is -2.27. The summed E-state index contributed by atoms with van der Waals surface area (Å²) in [4.78, 5) is 8.63. The SMILES string of the molecule is CCc1noc(C2CCC(NCc3ncccc3O)CC2)n1. The Balaban J connectivity index is 1.48. The minimum atomic E-state index is 0.252. The van der Waals surface area contributed by atoms with E-state index in [2.05, 4.69) is 20.4 Å². The van der Waals surface area contributed by atoms with Crippen LogP contribution in [0.1, 0.15) is 55.9 Å². The van der Waals surface area contributed by atoms with Crippen molar-refractivity contribution >= 4 is 0 Å². The summed E-state index contributed by atoms with van der Waals surface area (Å²) in [6.07, 6.45) is 6.77. The number of aromatic hydroxyl groups is 1. The Morgan fingerprint density at radius 1 is 1.32 bits per heavy atom. The molecule has 1 aliphatic carbocycles. The third kappa shape index (κ3) is 3.44. The van der Waals surface area contributed by atoms with Crippen LogP contribution < -0.4 is 5.32 Å². The van der Waals surface area contributed by atoms with Crippen LogP contribution in [0, 0.1) is 0 Å². The highest BCUT2D eigenvalue weighted by Crippen LogP contribution is 2.32. The largest absolute Gasteiger partial charge is 0.506 e. The van der Waals surface area contributed by atoms with Crippen LogP contribution in [0.2, 0.25) is 0 Å². The molecule has 22 heavy (non-hydrogen) atoms. The predicted molar refractivity (Wildman–Crippen MR) is 81.4 cm³/mol. The Hall–Kier alpha value is -1.95. The highest BCUT2D eigenvalue weighted by molar-refractivity contribution is 5.24. The third-order valence-corrected chi connectivity index (χ3v) is 4.30. The van der Waals surface area contributed by atoms with Crippen LogP contribution in [0.3, 0.4) is 0 Å². The first-order chi connectivity index (χ1) is 10.8. The molecule has 1 fully saturated rings. The molecule has 118 valence electrons. The molecule has 1 saturated carbocycles. The van der Waals surface area contributed by atoms with Crippen LogP contribution in [0.15, 0.2) is 22.9 Å². The number of pyridine rings is 1. The van der Waals surface area contributed by atoms with E-state index in [4.69, 9.17) is 4.52 Å². The molecule has 3 rings (SSSR count). The van der Waals surface area contributed by atoms with Crippen molar-refractivity contribution < 1.29 is 9.63 Å². The average Bonchev–Trinajstić information content (AvgIpc) is 3.04. The monoisotopic (exact) mass is 302 g/mol. The van der Waals surface area contributed by atoms with Gasteiger partial charge in [0.2, 0.25) is 5.89 Å². The fourth-order valence-electron chi connectivity index (χ4n) is 2.93. The van der Waals surface area contributed by atoms with E-state index in [1.54, 1.807) is 18.3 Å². The van der Waals surface area contributed by atoms with Gasteiger partial charge in [0, 0.05) is 31.1 Å². The Bertz CT molecular complexity index is 606. The fourth-order valence-corrected chi connectivity index (χ4v) is 2.93. The first kappa shape index (κ1) is 15.0. The molecule has 6 nitrogen and oxygen atoms in total. The molecule has 6 heteroatoms. The lowest BCUT2D eigenvalue weighted by Crippen LogP contribution is -2.32. The van der Waals surface area contributed by atoms with Gasteiger partial charge < -0.3 is 14.9 Å². The van der Waals surface area contributed by atoms with E-state index in [1.807, 2.05) is 6.92 Å². The quantitative estimate of drug-likeness (QED) is 0.883. The summed E-state index contributed by atoms with van der Waals surface area (Å²) in [6.45, 7) is 2.63. The zero-order chi connectivity index (χ0) is 15.4. The van der Waals surface area contributed by atoms with Crippen molar-refractivity contribution in [3.05, 3.63) is 35.7 Å². The summed E-state index contributed by atoms with van der Waals surface area (Å²) in [5, 5.41) is 17.2. The Labute approximate surface area is 130 Å². The minimum Gasteiger partial charge on any atom is -0.506 e. The van der Waals surface area contributed by atoms with Gasteiger partial charge in [-0.3, -0.25) is 4.98 Å². The summed E-state index contributed by atoms with van der Waals surface area (Å²) in [7, 11) is 0. The molecular formula is C16H22N4O2. The molecule has 1 aliphatic rings. The van der Waals surface area contributed by atoms with Gasteiger partial charge in [-0.2, -0.15) is 4.98 Å². The van der Waals surface area contributed by atoms with Gasteiger partial charge in [-0.05, 0) is 37.8 Å². The molecule has 0 unspecified atom stereocenters. The molecule has 2 aromatic heterocycles. The number of nitrogens with zero attached hydrogens (tertiary/aromatic N) is 3. The summed E-state index contributed by atoms with van der Waals surface area (Å²) >= 11 is 0. The Kier molecular flexibility index (Phi) is 4.68. The van der Waals surface area contributed by atoms with Gasteiger partial charge in [-0.15, -0.1) is 0 Å². The average molecular weight is 302 g/mol. The van der Waals surface area contributed by atoms with Gasteiger partial charge in [-0.25, -0.2) is 0 Å². The van der Waals surface area contributed by atoms with Gasteiger partial charge >= 0.3 is 0 Å². The molecule has 0 atom stereocenters. The normalized spacial score (nSPS) is 21.9. The summed E-state index contributed by atoms with van der Waals surface area (Å²) in [6, 6.07) is 3.85. The van der Waals surface area contributed by atoms with Crippen LogP contribution in [-0.2, 0) is 13.0 Å². The van der Waals surface area contributed by atoms with Gasteiger partial charge in [0.1, 0.15) is 5.75 Å². The Morgan fingerprint density at radius 2 is 2.14 bits per heavy atom. The van der Waals surface area contributed by atoms with Gasteiger partial charge in [-0.1, -0.05) is 12.1 Å². The van der Waals surface area contributed by atoms with Crippen molar-refractivity contribution in [1.29, 1.82) is 0 Å². The third-order valence-electron chi connectivity index (χ3n) is 4.30. The molecule has 2 N–H and O–H groups in total. The molecule has 0 spiro atoms. The van der Waals surface area contributed by atoms with Crippen molar-refractivity contribution in [2.45, 2.75) is 57.5 Å². The lowest BCUT2D eigenvalue weighted by molar-refractivity contribution is 0.280. The van der Waals surface area contributed by atoms with Crippen LogP contribution in [-0.4, -0.2) is 26.3 Å². The minimum absolute atomic E-state index is 0.252. The van der Waals surface area contributed by atoms with Gasteiger partial charge in [0.15, 0.2) is 5.82 Å². The molecule has 2 aromatic rings. The number of rotatable bonds is 5. The fraction of sp³-hybridized carbons (Fsp3) is 0.562. The van der Waals surface area contributed by atoms with E-state index in [-0.39, 0.29) is 5.75 Å². The van der Waals surface area contributed by atoms with Crippen LogP contribution >= 0.6 is 0 Å². The number of aromatic nitrogens is 3. The number of aryl methyl sites for hydroxylation is 1. The maximum Gasteiger partial charge on any atom is 0.229 e. The van der Waals surface area contributed by atoms with E-state index >= 15 is 0 Å². The van der Waals surface area contributed by atoms with Crippen molar-refractivity contribution in [3.8, 4) is 5.75 Å². The standard InChI is InChI=1S/C16H22N4O2/c1-2-15-19-16(22-20-15)11-5-7-12(8-6-11)18-10-13-14(21)4-3-9-17-13/h3-4,9,11-12,18,21H,2,5-8,10H2,1H3. The first-order valence-electron chi connectivity index (χ1n) is 7.95. The van der Waals surface area contributed by atoms with Crippen molar-refractivity contribution in [3.63, 3.8) is 0 Å². The molecule has 0 amide bonds. The molecule has 0 radical (unpaired) electrons. The van der Waals surface area contributed by atoms with Crippen LogP contribution in [0.4, 0.5) is 0 Å². The summed E-state index contributed by atoms with van der Waals surface area (Å²) < 4.78 is 5.35. The summed E-state index contributed by atoms with van der Waals surface area (Å²) in [5.74, 6) is 2.22. The second-order valence-corrected chi connectivity index (χ2v) is 5.80. The molecule has 2 heterocycles. The van der Waals surface area contributed by atoms with E-state index < -0.39 is 0 Å². The lowest BCUT2D eigenvalue weighted by atomic mass is 9.86. The smallest absolute Gasteiger partial charge is 0.229 e. The van der Waals surface area contributed by atoms with E-state index in [0.717, 1.165) is 43.8 Å². The second-order valence-electron chi connectivity index (χ2n) is 5.80. The molecule has 0 saturated heterocycles. The molecule has 0 bridgehead atoms. The molecule has 0 aliphatic heterocycles. The zero-order valence-corrected chi connectivity index (χ0v) is 12.8. The van der Waals surface area contributed by atoms with E-state index in [0.29, 0.717) is 24.2 Å². The van der Waals surface area contributed by atoms with Crippen molar-refractivity contribution in [2.75, 3.05) is 0 Å². The predicted octanol–water partition coefficient (Wildman–Crippen LogP) is 2.55. The van der Waals surface area contributed by atoms with Crippen molar-refractivity contribution in [1.82, 2.24) is 20.4 Å². The number of hydrogen-bond donors (Lipinski definition) is 2. The molecule has 0 aromatic carbocycles. The van der Waals surface area contributed by atoms with E-state index in [1.165, 1.54) is 0 Å². The second kappa shape index (κ2) is 6.87. The summed E-state index contributed by atoms with van der Waals surface area (Å²) in [5.41, 5.74) is 0.703. The molecular weight excluding hydrogens is 280 g/mol. The zero-order valence-electron chi connectivity index (χ0n) is 12.8. The number of hydrogen-bond acceptors (Lipinski definition) is 6. The number of nitrogens with one attached hydrogen (secondary N) is 1. The topological polar surface area (TPSA) is 84.1 Å². The van der Waals surface area contributed by atoms with Gasteiger partial charge in [0.25, 0.3) is 0 Å². The van der Waals surface area contributed by atoms with E-state index in [9.17, 15) is 5.11 Å². The van der Waals surface area contributed by atoms with Crippen molar-refractivity contribution in [2.24, 2.45) is 0 Å².